The molecule has 1 N–H and O–H groups in total. The minimum absolute atomic E-state index is 0.0811. The summed E-state index contributed by atoms with van der Waals surface area (Å²) in [6, 6.07) is 7.76. The van der Waals surface area contributed by atoms with Crippen LogP contribution in [0.4, 0.5) is 0 Å². The number of amides is 1. The molecule has 0 bridgehead atoms. The van der Waals surface area contributed by atoms with Gasteiger partial charge in [-0.25, -0.2) is 10.4 Å². The van der Waals surface area contributed by atoms with Crippen molar-refractivity contribution in [3.05, 3.63) is 45.9 Å². The summed E-state index contributed by atoms with van der Waals surface area (Å²) in [7, 11) is 0. The first-order valence-electron chi connectivity index (χ1n) is 7.32. The molecule has 0 atom stereocenters. The zero-order chi connectivity index (χ0) is 16.9. The van der Waals surface area contributed by atoms with Gasteiger partial charge in [0, 0.05) is 5.38 Å². The second-order valence-corrected chi connectivity index (χ2v) is 7.21. The summed E-state index contributed by atoms with van der Waals surface area (Å²) < 4.78 is 5.44. The van der Waals surface area contributed by atoms with E-state index in [0.717, 1.165) is 10.7 Å². The quantitative estimate of drug-likeness (QED) is 0.675. The van der Waals surface area contributed by atoms with Crippen molar-refractivity contribution in [1.82, 2.24) is 10.4 Å². The van der Waals surface area contributed by atoms with Gasteiger partial charge in [0.05, 0.1) is 16.9 Å². The number of rotatable bonds is 5. The Kier molecular flexibility index (Phi) is 5.50. The molecule has 2 aromatic rings. The number of hydrogen-bond acceptors (Lipinski definition) is 5. The first-order valence-corrected chi connectivity index (χ1v) is 8.20. The van der Waals surface area contributed by atoms with Gasteiger partial charge in [0.25, 0.3) is 5.91 Å². The molecule has 0 radical (unpaired) electrons. The Balaban J connectivity index is 1.79. The van der Waals surface area contributed by atoms with Crippen LogP contribution in [-0.4, -0.2) is 23.7 Å². The molecule has 0 aliphatic rings. The molecule has 1 aromatic heterocycles. The van der Waals surface area contributed by atoms with Gasteiger partial charge in [-0.2, -0.15) is 5.10 Å². The van der Waals surface area contributed by atoms with Crippen LogP contribution in [0.25, 0.3) is 0 Å². The van der Waals surface area contributed by atoms with Crippen LogP contribution in [-0.2, 0) is 10.2 Å². The summed E-state index contributed by atoms with van der Waals surface area (Å²) in [6.07, 6.45) is 1.51. The summed E-state index contributed by atoms with van der Waals surface area (Å²) >= 11 is 1.53. The maximum atomic E-state index is 11.7. The fourth-order valence-electron chi connectivity index (χ4n) is 1.84. The Morgan fingerprint density at radius 3 is 2.61 bits per heavy atom. The fraction of sp³-hybridized carbons (Fsp3) is 0.353. The van der Waals surface area contributed by atoms with Crippen LogP contribution < -0.4 is 10.2 Å². The smallest absolute Gasteiger partial charge is 0.277 e. The number of hydrazone groups is 1. The average Bonchev–Trinajstić information content (AvgIpc) is 2.90. The van der Waals surface area contributed by atoms with Gasteiger partial charge in [-0.15, -0.1) is 11.3 Å². The maximum Gasteiger partial charge on any atom is 0.277 e. The molecule has 0 aliphatic heterocycles. The Labute approximate surface area is 140 Å². The molecule has 0 saturated carbocycles. The van der Waals surface area contributed by atoms with Crippen molar-refractivity contribution in [3.8, 4) is 5.75 Å². The van der Waals surface area contributed by atoms with Crippen LogP contribution >= 0.6 is 11.3 Å². The van der Waals surface area contributed by atoms with Gasteiger partial charge >= 0.3 is 0 Å². The number of aryl methyl sites for hydroxylation is 1. The van der Waals surface area contributed by atoms with E-state index in [-0.39, 0.29) is 17.9 Å². The molecule has 122 valence electrons. The second kappa shape index (κ2) is 7.37. The van der Waals surface area contributed by atoms with Crippen LogP contribution in [0.2, 0.25) is 0 Å². The molecule has 6 heteroatoms. The maximum absolute atomic E-state index is 11.7. The van der Waals surface area contributed by atoms with E-state index in [1.54, 1.807) is 0 Å². The van der Waals surface area contributed by atoms with Crippen molar-refractivity contribution < 1.29 is 9.53 Å². The Morgan fingerprint density at radius 2 is 2.04 bits per heavy atom. The van der Waals surface area contributed by atoms with E-state index in [1.807, 2.05) is 36.6 Å². The Morgan fingerprint density at radius 1 is 1.35 bits per heavy atom. The van der Waals surface area contributed by atoms with Crippen molar-refractivity contribution >= 4 is 23.5 Å². The molecule has 1 amide bonds. The lowest BCUT2D eigenvalue weighted by Crippen LogP contribution is -2.24. The normalized spacial score (nSPS) is 11.7. The standard InChI is InChI=1S/C17H21N3O2S/c1-12-19-14(11-23-12)9-18-20-16(21)10-22-15-7-5-13(6-8-15)17(2,3)4/h5-9,11H,10H2,1-4H3,(H,20,21)/b18-9+. The molecular weight excluding hydrogens is 310 g/mol. The molecule has 2 rings (SSSR count). The molecule has 0 aliphatic carbocycles. The van der Waals surface area contributed by atoms with Crippen LogP contribution in [0.3, 0.4) is 0 Å². The number of aromatic nitrogens is 1. The van der Waals surface area contributed by atoms with Gasteiger partial charge in [-0.3, -0.25) is 4.79 Å². The largest absolute Gasteiger partial charge is 0.484 e. The van der Waals surface area contributed by atoms with E-state index in [0.29, 0.717) is 5.75 Å². The number of nitrogens with zero attached hydrogens (tertiary/aromatic N) is 2. The minimum atomic E-state index is -0.312. The second-order valence-electron chi connectivity index (χ2n) is 6.15. The Bertz CT molecular complexity index is 685. The summed E-state index contributed by atoms with van der Waals surface area (Å²) in [6.45, 7) is 8.29. The summed E-state index contributed by atoms with van der Waals surface area (Å²) in [5.74, 6) is 0.348. The highest BCUT2D eigenvalue weighted by Crippen LogP contribution is 2.24. The van der Waals surface area contributed by atoms with Gasteiger partial charge in [0.1, 0.15) is 5.75 Å². The van der Waals surface area contributed by atoms with Crippen molar-refractivity contribution in [2.24, 2.45) is 5.10 Å². The SMILES string of the molecule is Cc1nc(/C=N/NC(=O)COc2ccc(C(C)(C)C)cc2)cs1. The van der Waals surface area contributed by atoms with Gasteiger partial charge in [-0.1, -0.05) is 32.9 Å². The van der Waals surface area contributed by atoms with Crippen molar-refractivity contribution in [3.63, 3.8) is 0 Å². The highest BCUT2D eigenvalue weighted by molar-refractivity contribution is 7.09. The van der Waals surface area contributed by atoms with Crippen LogP contribution in [0.1, 0.15) is 37.0 Å². The van der Waals surface area contributed by atoms with Crippen molar-refractivity contribution in [2.45, 2.75) is 33.1 Å². The predicted molar refractivity (Wildman–Crippen MR) is 93.2 cm³/mol. The molecule has 0 unspecified atom stereocenters. The fourth-order valence-corrected chi connectivity index (χ4v) is 2.41. The lowest BCUT2D eigenvalue weighted by molar-refractivity contribution is -0.123. The first kappa shape index (κ1) is 17.1. The number of carbonyl (C=O) groups is 1. The topological polar surface area (TPSA) is 63.6 Å². The summed E-state index contributed by atoms with van der Waals surface area (Å²) in [5.41, 5.74) is 4.46. The lowest BCUT2D eigenvalue weighted by Gasteiger charge is -2.19. The summed E-state index contributed by atoms with van der Waals surface area (Å²) in [4.78, 5) is 15.9. The molecule has 0 spiro atoms. The number of carbonyl (C=O) groups excluding carboxylic acids is 1. The van der Waals surface area contributed by atoms with Gasteiger partial charge in [0.2, 0.25) is 0 Å². The number of benzene rings is 1. The van der Waals surface area contributed by atoms with E-state index in [2.05, 4.69) is 36.3 Å². The number of thiazole rings is 1. The first-order chi connectivity index (χ1) is 10.8. The van der Waals surface area contributed by atoms with Crippen molar-refractivity contribution in [2.75, 3.05) is 6.61 Å². The molecule has 23 heavy (non-hydrogen) atoms. The minimum Gasteiger partial charge on any atom is -0.484 e. The van der Waals surface area contributed by atoms with Crippen LogP contribution in [0.15, 0.2) is 34.7 Å². The van der Waals surface area contributed by atoms with E-state index < -0.39 is 0 Å². The van der Waals surface area contributed by atoms with Gasteiger partial charge < -0.3 is 4.74 Å². The lowest BCUT2D eigenvalue weighted by atomic mass is 9.87. The molecule has 0 saturated heterocycles. The van der Waals surface area contributed by atoms with Gasteiger partial charge in [0.15, 0.2) is 6.61 Å². The number of ether oxygens (including phenoxy) is 1. The zero-order valence-corrected chi connectivity index (χ0v) is 14.6. The van der Waals surface area contributed by atoms with Crippen LogP contribution in [0, 0.1) is 6.92 Å². The highest BCUT2D eigenvalue weighted by Gasteiger charge is 2.13. The molecule has 5 nitrogen and oxygen atoms in total. The monoisotopic (exact) mass is 331 g/mol. The molecule has 1 aromatic carbocycles. The molecular formula is C17H21N3O2S. The van der Waals surface area contributed by atoms with E-state index in [9.17, 15) is 4.79 Å². The van der Waals surface area contributed by atoms with E-state index in [1.165, 1.54) is 23.1 Å². The number of hydrogen-bond donors (Lipinski definition) is 1. The predicted octanol–water partition coefficient (Wildman–Crippen LogP) is 3.28. The molecule has 1 heterocycles. The third-order valence-electron chi connectivity index (χ3n) is 3.11. The zero-order valence-electron chi connectivity index (χ0n) is 13.8. The molecule has 0 fully saturated rings. The van der Waals surface area contributed by atoms with E-state index >= 15 is 0 Å². The van der Waals surface area contributed by atoms with Crippen molar-refractivity contribution in [1.29, 1.82) is 0 Å². The van der Waals surface area contributed by atoms with Crippen LogP contribution in [0.5, 0.6) is 5.75 Å². The average molecular weight is 331 g/mol. The van der Waals surface area contributed by atoms with E-state index in [4.69, 9.17) is 4.74 Å². The third kappa shape index (κ3) is 5.49. The summed E-state index contributed by atoms with van der Waals surface area (Å²) in [5, 5.41) is 6.68. The number of nitrogens with one attached hydrogen (secondary N) is 1. The Hall–Kier alpha value is -2.21. The third-order valence-corrected chi connectivity index (χ3v) is 3.90. The van der Waals surface area contributed by atoms with Gasteiger partial charge in [-0.05, 0) is 30.0 Å². The highest BCUT2D eigenvalue weighted by atomic mass is 32.1.